The predicted molar refractivity (Wildman–Crippen MR) is 86.8 cm³/mol. The van der Waals surface area contributed by atoms with Gasteiger partial charge < -0.3 is 10.2 Å². The number of anilines is 1. The van der Waals surface area contributed by atoms with Crippen molar-refractivity contribution in [3.05, 3.63) is 29.8 Å². The Morgan fingerprint density at radius 2 is 2.00 bits per heavy atom. The smallest absolute Gasteiger partial charge is 0.321 e. The van der Waals surface area contributed by atoms with Crippen molar-refractivity contribution in [2.24, 2.45) is 0 Å². The van der Waals surface area contributed by atoms with Gasteiger partial charge in [-0.1, -0.05) is 18.2 Å². The third-order valence-electron chi connectivity index (χ3n) is 4.00. The number of urea groups is 1. The first-order chi connectivity index (χ1) is 10.5. The van der Waals surface area contributed by atoms with Crippen LogP contribution >= 0.6 is 0 Å². The van der Waals surface area contributed by atoms with Crippen LogP contribution in [-0.4, -0.2) is 49.6 Å². The molecular weight excluding hydrogens is 280 g/mol. The number of hydrogen-bond donors (Lipinski definition) is 2. The number of rotatable bonds is 3. The lowest BCUT2D eigenvalue weighted by Gasteiger charge is -2.26. The number of fused-ring (bicyclic) bond motifs is 1. The fourth-order valence-corrected chi connectivity index (χ4v) is 2.63. The van der Waals surface area contributed by atoms with E-state index in [4.69, 9.17) is 0 Å². The zero-order valence-electron chi connectivity index (χ0n) is 13.4. The molecule has 0 aromatic heterocycles. The van der Waals surface area contributed by atoms with Crippen LogP contribution in [0.15, 0.2) is 24.3 Å². The number of nitrogens with zero attached hydrogens (tertiary/aromatic N) is 2. The molecule has 3 amide bonds. The van der Waals surface area contributed by atoms with Gasteiger partial charge in [0.1, 0.15) is 0 Å². The van der Waals surface area contributed by atoms with Gasteiger partial charge in [-0.15, -0.1) is 0 Å². The second kappa shape index (κ2) is 7.26. The van der Waals surface area contributed by atoms with E-state index in [0.29, 0.717) is 13.1 Å². The number of hydrogen-bond acceptors (Lipinski definition) is 4. The standard InChI is InChI=1S/C16H24N4O2/c1-4-17-16(22)18-15(21)12(2)20-10-9-19(3)14-8-6-5-7-13(14)11-20/h5-8,12H,4,9-11H2,1-3H3,(H2,17,18,21,22)/t12-/m0/s1. The fraction of sp³-hybridized carbons (Fsp3) is 0.500. The summed E-state index contributed by atoms with van der Waals surface area (Å²) in [7, 11) is 2.06. The highest BCUT2D eigenvalue weighted by Crippen LogP contribution is 2.24. The van der Waals surface area contributed by atoms with Crippen molar-refractivity contribution in [2.75, 3.05) is 31.6 Å². The maximum atomic E-state index is 12.2. The normalized spacial score (nSPS) is 16.4. The molecule has 1 aliphatic heterocycles. The number of nitrogens with one attached hydrogen (secondary N) is 2. The molecule has 1 aliphatic rings. The van der Waals surface area contributed by atoms with Crippen molar-refractivity contribution >= 4 is 17.6 Å². The van der Waals surface area contributed by atoms with Crippen molar-refractivity contribution in [2.45, 2.75) is 26.4 Å². The van der Waals surface area contributed by atoms with E-state index in [2.05, 4.69) is 39.6 Å². The van der Waals surface area contributed by atoms with Crippen LogP contribution in [0.2, 0.25) is 0 Å². The van der Waals surface area contributed by atoms with Crippen LogP contribution in [0.5, 0.6) is 0 Å². The van der Waals surface area contributed by atoms with E-state index in [1.807, 2.05) is 26.0 Å². The van der Waals surface area contributed by atoms with Gasteiger partial charge in [-0.3, -0.25) is 15.0 Å². The lowest BCUT2D eigenvalue weighted by molar-refractivity contribution is -0.124. The summed E-state index contributed by atoms with van der Waals surface area (Å²) < 4.78 is 0. The van der Waals surface area contributed by atoms with Gasteiger partial charge in [0.05, 0.1) is 6.04 Å². The van der Waals surface area contributed by atoms with E-state index >= 15 is 0 Å². The number of amides is 3. The maximum Gasteiger partial charge on any atom is 0.321 e. The van der Waals surface area contributed by atoms with Crippen molar-refractivity contribution < 1.29 is 9.59 Å². The summed E-state index contributed by atoms with van der Waals surface area (Å²) in [6, 6.07) is 7.41. The monoisotopic (exact) mass is 304 g/mol. The zero-order chi connectivity index (χ0) is 16.1. The fourth-order valence-electron chi connectivity index (χ4n) is 2.63. The van der Waals surface area contributed by atoms with Crippen LogP contribution in [0, 0.1) is 0 Å². The number of carbonyl (C=O) groups excluding carboxylic acids is 2. The number of carbonyl (C=O) groups is 2. The molecule has 1 aromatic carbocycles. The molecule has 2 rings (SSSR count). The number of benzene rings is 1. The Hall–Kier alpha value is -2.08. The molecular formula is C16H24N4O2. The second-order valence-corrected chi connectivity index (χ2v) is 5.55. The molecule has 0 saturated heterocycles. The third kappa shape index (κ3) is 3.76. The molecule has 0 spiro atoms. The van der Waals surface area contributed by atoms with E-state index < -0.39 is 6.03 Å². The van der Waals surface area contributed by atoms with Gasteiger partial charge >= 0.3 is 6.03 Å². The summed E-state index contributed by atoms with van der Waals surface area (Å²) in [4.78, 5) is 28.0. The lowest BCUT2D eigenvalue weighted by Crippen LogP contribution is -2.50. The molecule has 1 heterocycles. The molecule has 1 atom stereocenters. The van der Waals surface area contributed by atoms with Crippen LogP contribution in [0.25, 0.3) is 0 Å². The first-order valence-corrected chi connectivity index (χ1v) is 7.64. The number of imide groups is 1. The highest BCUT2D eigenvalue weighted by atomic mass is 16.2. The molecule has 0 aliphatic carbocycles. The Morgan fingerprint density at radius 1 is 1.27 bits per heavy atom. The van der Waals surface area contributed by atoms with Crippen LogP contribution in [0.4, 0.5) is 10.5 Å². The average Bonchev–Trinajstić information content (AvgIpc) is 2.66. The number of para-hydroxylation sites is 1. The van der Waals surface area contributed by atoms with Crippen molar-refractivity contribution in [3.63, 3.8) is 0 Å². The van der Waals surface area contributed by atoms with Gasteiger partial charge in [0.15, 0.2) is 0 Å². The van der Waals surface area contributed by atoms with Gasteiger partial charge in [0.2, 0.25) is 5.91 Å². The Morgan fingerprint density at radius 3 is 2.73 bits per heavy atom. The first kappa shape index (κ1) is 16.3. The van der Waals surface area contributed by atoms with Crippen LogP contribution in [0.1, 0.15) is 19.4 Å². The van der Waals surface area contributed by atoms with Crippen molar-refractivity contribution in [1.29, 1.82) is 0 Å². The van der Waals surface area contributed by atoms with Gasteiger partial charge in [0, 0.05) is 38.9 Å². The van der Waals surface area contributed by atoms with E-state index in [9.17, 15) is 9.59 Å². The van der Waals surface area contributed by atoms with Crippen LogP contribution in [0.3, 0.4) is 0 Å². The average molecular weight is 304 g/mol. The predicted octanol–water partition coefficient (Wildman–Crippen LogP) is 1.17. The molecule has 2 N–H and O–H groups in total. The molecule has 6 nitrogen and oxygen atoms in total. The molecule has 0 fully saturated rings. The Labute approximate surface area is 131 Å². The maximum absolute atomic E-state index is 12.2. The molecule has 1 aromatic rings. The molecule has 22 heavy (non-hydrogen) atoms. The second-order valence-electron chi connectivity index (χ2n) is 5.55. The van der Waals surface area contributed by atoms with Gasteiger partial charge in [-0.2, -0.15) is 0 Å². The van der Waals surface area contributed by atoms with Gasteiger partial charge in [-0.05, 0) is 25.5 Å². The van der Waals surface area contributed by atoms with E-state index in [1.165, 1.54) is 11.3 Å². The minimum absolute atomic E-state index is 0.270. The summed E-state index contributed by atoms with van der Waals surface area (Å²) in [5.41, 5.74) is 2.39. The first-order valence-electron chi connectivity index (χ1n) is 7.64. The summed E-state index contributed by atoms with van der Waals surface area (Å²) in [5.74, 6) is -0.270. The van der Waals surface area contributed by atoms with E-state index in [1.54, 1.807) is 0 Å². The molecule has 0 radical (unpaired) electrons. The van der Waals surface area contributed by atoms with Crippen LogP contribution < -0.4 is 15.5 Å². The summed E-state index contributed by atoms with van der Waals surface area (Å²) in [6.07, 6.45) is 0. The summed E-state index contributed by atoms with van der Waals surface area (Å²) in [6.45, 7) is 6.46. The minimum Gasteiger partial charge on any atom is -0.373 e. The third-order valence-corrected chi connectivity index (χ3v) is 4.00. The van der Waals surface area contributed by atoms with E-state index in [0.717, 1.165) is 13.1 Å². The number of likely N-dealkylation sites (N-methyl/N-ethyl adjacent to an activating group) is 1. The highest BCUT2D eigenvalue weighted by Gasteiger charge is 2.26. The summed E-state index contributed by atoms with van der Waals surface area (Å²) >= 11 is 0. The quantitative estimate of drug-likeness (QED) is 0.880. The van der Waals surface area contributed by atoms with E-state index in [-0.39, 0.29) is 11.9 Å². The Bertz CT molecular complexity index is 547. The molecule has 0 saturated carbocycles. The molecule has 120 valence electrons. The topological polar surface area (TPSA) is 64.7 Å². The van der Waals surface area contributed by atoms with Gasteiger partial charge in [-0.25, -0.2) is 4.79 Å². The molecule has 6 heteroatoms. The van der Waals surface area contributed by atoms with Crippen molar-refractivity contribution in [1.82, 2.24) is 15.5 Å². The Kier molecular flexibility index (Phi) is 5.38. The zero-order valence-corrected chi connectivity index (χ0v) is 13.4. The Balaban J connectivity index is 2.06. The van der Waals surface area contributed by atoms with Crippen molar-refractivity contribution in [3.8, 4) is 0 Å². The minimum atomic E-state index is -0.438. The van der Waals surface area contributed by atoms with Gasteiger partial charge in [0.25, 0.3) is 0 Å². The van der Waals surface area contributed by atoms with Crippen LogP contribution in [-0.2, 0) is 11.3 Å². The largest absolute Gasteiger partial charge is 0.373 e. The molecule has 0 bridgehead atoms. The SMILES string of the molecule is CCNC(=O)NC(=O)[C@H](C)N1CCN(C)c2ccccc2C1. The molecule has 0 unspecified atom stereocenters. The lowest BCUT2D eigenvalue weighted by atomic mass is 10.1. The summed E-state index contributed by atoms with van der Waals surface area (Å²) in [5, 5.41) is 4.96. The highest BCUT2D eigenvalue weighted by molar-refractivity contribution is 5.96.